The largest absolute Gasteiger partial charge is 0.294 e. The van der Waals surface area contributed by atoms with Crippen molar-refractivity contribution in [3.63, 3.8) is 0 Å². The minimum absolute atomic E-state index is 0.117. The Morgan fingerprint density at radius 2 is 2.00 bits per heavy atom. The Morgan fingerprint density at radius 1 is 1.19 bits per heavy atom. The second-order valence-corrected chi connectivity index (χ2v) is 4.14. The maximum Gasteiger partial charge on any atom is 0.213 e. The highest BCUT2D eigenvalue weighted by Crippen LogP contribution is 2.25. The molecule has 0 amide bonds. The summed E-state index contributed by atoms with van der Waals surface area (Å²) < 4.78 is 2.14. The van der Waals surface area contributed by atoms with E-state index in [1.54, 1.807) is 6.92 Å². The number of benzene rings is 1. The highest BCUT2D eigenvalue weighted by Gasteiger charge is 2.25. The molecule has 1 aromatic heterocycles. The molecule has 0 fully saturated rings. The quantitative estimate of drug-likeness (QED) is 0.445. The van der Waals surface area contributed by atoms with Gasteiger partial charge in [0.25, 0.3) is 0 Å². The summed E-state index contributed by atoms with van der Waals surface area (Å²) in [6.07, 6.45) is 1.94. The molecule has 2 nitrogen and oxygen atoms in total. The van der Waals surface area contributed by atoms with Gasteiger partial charge in [-0.15, -0.1) is 0 Å². The number of Topliss-reactive ketones (excluding diaryl/α,β-unsaturated/α-hetero) is 1. The van der Waals surface area contributed by atoms with E-state index in [0.29, 0.717) is 0 Å². The van der Waals surface area contributed by atoms with Gasteiger partial charge >= 0.3 is 0 Å². The van der Waals surface area contributed by atoms with E-state index < -0.39 is 0 Å². The summed E-state index contributed by atoms with van der Waals surface area (Å²) in [4.78, 5) is 11.3. The normalized spacial score (nSPS) is 12.1. The van der Waals surface area contributed by atoms with Gasteiger partial charge in [0, 0.05) is 11.6 Å². The number of rotatable bonds is 1. The van der Waals surface area contributed by atoms with Gasteiger partial charge in [-0.2, -0.15) is 4.57 Å². The molecule has 0 saturated carbocycles. The van der Waals surface area contributed by atoms with Crippen molar-refractivity contribution in [3.8, 4) is 11.3 Å². The van der Waals surface area contributed by atoms with E-state index in [0.717, 1.165) is 12.1 Å². The lowest BCUT2D eigenvalue weighted by Crippen LogP contribution is -2.32. The van der Waals surface area contributed by atoms with E-state index in [-0.39, 0.29) is 5.78 Å². The highest BCUT2D eigenvalue weighted by molar-refractivity contribution is 5.93. The molecule has 2 heteroatoms. The van der Waals surface area contributed by atoms with Gasteiger partial charge in [0.15, 0.2) is 18.5 Å². The monoisotopic (exact) mass is 210 g/mol. The lowest BCUT2D eigenvalue weighted by atomic mass is 10.1. The fraction of sp³-hybridized carbons (Fsp3) is 0.143. The van der Waals surface area contributed by atoms with Crippen LogP contribution in [-0.2, 0) is 6.54 Å². The van der Waals surface area contributed by atoms with Gasteiger partial charge in [0.05, 0.1) is 11.1 Å². The number of pyridine rings is 1. The SMILES string of the molecule is CC(=O)c1ccc2[n+](c1)Cc1ccccc1-2. The van der Waals surface area contributed by atoms with Gasteiger partial charge in [0.2, 0.25) is 5.69 Å². The number of aromatic nitrogens is 1. The molecule has 1 aromatic carbocycles. The van der Waals surface area contributed by atoms with E-state index in [9.17, 15) is 4.79 Å². The number of carbonyl (C=O) groups is 1. The van der Waals surface area contributed by atoms with Crippen molar-refractivity contribution >= 4 is 5.78 Å². The van der Waals surface area contributed by atoms with Gasteiger partial charge in [0.1, 0.15) is 0 Å². The fourth-order valence-electron chi connectivity index (χ4n) is 2.22. The third kappa shape index (κ3) is 1.27. The molecule has 1 aliphatic rings. The van der Waals surface area contributed by atoms with Crippen LogP contribution in [0.25, 0.3) is 11.3 Å². The molecular formula is C14H12NO+. The molecule has 0 atom stereocenters. The number of fused-ring (bicyclic) bond motifs is 3. The average Bonchev–Trinajstić information content (AvgIpc) is 2.66. The van der Waals surface area contributed by atoms with Crippen molar-refractivity contribution in [2.75, 3.05) is 0 Å². The molecule has 2 heterocycles. The first-order valence-electron chi connectivity index (χ1n) is 5.38. The van der Waals surface area contributed by atoms with Gasteiger partial charge in [-0.05, 0) is 19.1 Å². The molecule has 16 heavy (non-hydrogen) atoms. The Balaban J connectivity index is 2.18. The third-order valence-electron chi connectivity index (χ3n) is 3.07. The zero-order valence-electron chi connectivity index (χ0n) is 9.10. The van der Waals surface area contributed by atoms with Crippen LogP contribution >= 0.6 is 0 Å². The Morgan fingerprint density at radius 3 is 2.81 bits per heavy atom. The Hall–Kier alpha value is -1.96. The minimum Gasteiger partial charge on any atom is -0.294 e. The summed E-state index contributed by atoms with van der Waals surface area (Å²) in [5.41, 5.74) is 4.57. The summed E-state index contributed by atoms with van der Waals surface area (Å²) >= 11 is 0. The van der Waals surface area contributed by atoms with Crippen LogP contribution in [0.5, 0.6) is 0 Å². The van der Waals surface area contributed by atoms with E-state index in [2.05, 4.69) is 22.8 Å². The Bertz CT molecular complexity index is 587. The first kappa shape index (κ1) is 9.28. The summed E-state index contributed by atoms with van der Waals surface area (Å²) in [6, 6.07) is 12.3. The van der Waals surface area contributed by atoms with Crippen molar-refractivity contribution < 1.29 is 9.36 Å². The van der Waals surface area contributed by atoms with Crippen LogP contribution in [0.1, 0.15) is 22.8 Å². The molecule has 0 saturated heterocycles. The van der Waals surface area contributed by atoms with Crippen molar-refractivity contribution in [1.29, 1.82) is 0 Å². The van der Waals surface area contributed by atoms with Crippen molar-refractivity contribution in [3.05, 3.63) is 53.7 Å². The van der Waals surface area contributed by atoms with Gasteiger partial charge in [-0.1, -0.05) is 18.2 Å². The molecule has 1 aliphatic heterocycles. The number of nitrogens with zero attached hydrogens (tertiary/aromatic N) is 1. The molecule has 0 N–H and O–H groups in total. The highest BCUT2D eigenvalue weighted by atomic mass is 16.1. The molecule has 0 unspecified atom stereocenters. The topological polar surface area (TPSA) is 20.9 Å². The van der Waals surface area contributed by atoms with Gasteiger partial charge < -0.3 is 0 Å². The Kier molecular flexibility index (Phi) is 1.90. The lowest BCUT2D eigenvalue weighted by Gasteiger charge is -1.95. The molecule has 2 aromatic rings. The maximum absolute atomic E-state index is 11.3. The van der Waals surface area contributed by atoms with Crippen LogP contribution in [0.3, 0.4) is 0 Å². The van der Waals surface area contributed by atoms with Gasteiger partial charge in [-0.3, -0.25) is 4.79 Å². The predicted octanol–water partition coefficient (Wildman–Crippen LogP) is 2.21. The smallest absolute Gasteiger partial charge is 0.213 e. The number of hydrogen-bond donors (Lipinski definition) is 0. The number of hydrogen-bond acceptors (Lipinski definition) is 1. The van der Waals surface area contributed by atoms with Crippen LogP contribution in [0.2, 0.25) is 0 Å². The fourth-order valence-corrected chi connectivity index (χ4v) is 2.22. The summed E-state index contributed by atoms with van der Waals surface area (Å²) in [7, 11) is 0. The third-order valence-corrected chi connectivity index (χ3v) is 3.07. The van der Waals surface area contributed by atoms with Crippen LogP contribution in [0.15, 0.2) is 42.6 Å². The zero-order chi connectivity index (χ0) is 11.1. The second kappa shape index (κ2) is 3.27. The molecule has 78 valence electrons. The summed E-state index contributed by atoms with van der Waals surface area (Å²) in [5, 5.41) is 0. The predicted molar refractivity (Wildman–Crippen MR) is 61.2 cm³/mol. The van der Waals surface area contributed by atoms with Crippen molar-refractivity contribution in [2.45, 2.75) is 13.5 Å². The van der Waals surface area contributed by atoms with Crippen LogP contribution < -0.4 is 4.57 Å². The van der Waals surface area contributed by atoms with E-state index in [1.165, 1.54) is 16.8 Å². The van der Waals surface area contributed by atoms with Crippen molar-refractivity contribution in [1.82, 2.24) is 0 Å². The minimum atomic E-state index is 0.117. The average molecular weight is 210 g/mol. The number of ketones is 1. The lowest BCUT2D eigenvalue weighted by molar-refractivity contribution is -0.672. The van der Waals surface area contributed by atoms with Crippen LogP contribution in [0, 0.1) is 0 Å². The number of carbonyl (C=O) groups excluding carboxylic acids is 1. The van der Waals surface area contributed by atoms with Crippen molar-refractivity contribution in [2.24, 2.45) is 0 Å². The van der Waals surface area contributed by atoms with E-state index in [1.807, 2.05) is 24.4 Å². The molecule has 0 spiro atoms. The standard InChI is InChI=1S/C14H12NO/c1-10(16)11-6-7-14-13-5-3-2-4-12(13)9-15(14)8-11/h2-8H,9H2,1H3/q+1. The summed E-state index contributed by atoms with van der Waals surface area (Å²) in [5.74, 6) is 0.117. The summed E-state index contributed by atoms with van der Waals surface area (Å²) in [6.45, 7) is 2.47. The molecule has 0 bridgehead atoms. The first-order chi connectivity index (χ1) is 7.75. The van der Waals surface area contributed by atoms with E-state index >= 15 is 0 Å². The second-order valence-electron chi connectivity index (χ2n) is 4.14. The van der Waals surface area contributed by atoms with Crippen LogP contribution in [0.4, 0.5) is 0 Å². The molecule has 0 radical (unpaired) electrons. The van der Waals surface area contributed by atoms with Gasteiger partial charge in [-0.25, -0.2) is 0 Å². The molecular weight excluding hydrogens is 198 g/mol. The zero-order valence-corrected chi connectivity index (χ0v) is 9.10. The molecule has 0 aliphatic carbocycles. The maximum atomic E-state index is 11.3. The van der Waals surface area contributed by atoms with E-state index in [4.69, 9.17) is 0 Å². The Labute approximate surface area is 94.2 Å². The molecule has 3 rings (SSSR count). The first-order valence-corrected chi connectivity index (χ1v) is 5.38. The van der Waals surface area contributed by atoms with Crippen LogP contribution in [-0.4, -0.2) is 5.78 Å².